The summed E-state index contributed by atoms with van der Waals surface area (Å²) in [6.07, 6.45) is 1.80. The van der Waals surface area contributed by atoms with Gasteiger partial charge in [-0.1, -0.05) is 35.3 Å². The summed E-state index contributed by atoms with van der Waals surface area (Å²) in [6, 6.07) is 13.6. The van der Waals surface area contributed by atoms with Crippen LogP contribution < -0.4 is 4.72 Å². The summed E-state index contributed by atoms with van der Waals surface area (Å²) in [7, 11) is -1.99. The van der Waals surface area contributed by atoms with Crippen molar-refractivity contribution in [1.82, 2.24) is 9.62 Å². The van der Waals surface area contributed by atoms with Gasteiger partial charge >= 0.3 is 0 Å². The van der Waals surface area contributed by atoms with Gasteiger partial charge in [0.2, 0.25) is 10.0 Å². The molecule has 172 valence electrons. The molecule has 10 heteroatoms. The lowest BCUT2D eigenvalue weighted by Gasteiger charge is -2.34. The summed E-state index contributed by atoms with van der Waals surface area (Å²) in [5, 5.41) is 9.88. The molecule has 2 heterocycles. The molecule has 0 spiro atoms. The second kappa shape index (κ2) is 8.65. The van der Waals surface area contributed by atoms with Crippen LogP contribution in [-0.4, -0.2) is 50.7 Å². The van der Waals surface area contributed by atoms with Crippen LogP contribution in [-0.2, 0) is 26.0 Å². The highest BCUT2D eigenvalue weighted by Gasteiger charge is 2.58. The molecule has 0 aliphatic carbocycles. The van der Waals surface area contributed by atoms with Crippen molar-refractivity contribution >= 4 is 44.7 Å². The molecule has 2 aromatic rings. The van der Waals surface area contributed by atoms with Crippen LogP contribution in [0.2, 0.25) is 10.0 Å². The van der Waals surface area contributed by atoms with Gasteiger partial charge in [-0.3, -0.25) is 4.79 Å². The second-order valence-electron chi connectivity index (χ2n) is 8.29. The molecule has 0 radical (unpaired) electrons. The molecule has 0 saturated carbocycles. The molecule has 7 nitrogen and oxygen atoms in total. The van der Waals surface area contributed by atoms with Crippen LogP contribution >= 0.6 is 23.2 Å². The van der Waals surface area contributed by atoms with E-state index in [0.717, 1.165) is 11.8 Å². The Kier molecular flexibility index (Phi) is 6.18. The van der Waals surface area contributed by atoms with Gasteiger partial charge in [0.15, 0.2) is 0 Å². The van der Waals surface area contributed by atoms with Gasteiger partial charge in [0.1, 0.15) is 11.3 Å². The lowest BCUT2D eigenvalue weighted by atomic mass is 9.85. The van der Waals surface area contributed by atoms with Gasteiger partial charge < -0.3 is 9.64 Å². The van der Waals surface area contributed by atoms with Crippen LogP contribution in [0.4, 0.5) is 0 Å². The average molecular weight is 506 g/mol. The number of amides is 1. The van der Waals surface area contributed by atoms with Gasteiger partial charge in [-0.25, -0.2) is 13.1 Å². The molecule has 2 aromatic carbocycles. The molecule has 1 N–H and O–H groups in total. The highest BCUT2D eigenvalue weighted by atomic mass is 35.5. The van der Waals surface area contributed by atoms with Crippen molar-refractivity contribution in [3.8, 4) is 6.07 Å². The lowest BCUT2D eigenvalue weighted by molar-refractivity contribution is -0.126. The van der Waals surface area contributed by atoms with Crippen LogP contribution in [0.25, 0.3) is 5.57 Å². The van der Waals surface area contributed by atoms with E-state index in [9.17, 15) is 13.2 Å². The fourth-order valence-corrected chi connectivity index (χ4v) is 6.13. The topological polar surface area (TPSA) is 99.5 Å². The average Bonchev–Trinajstić information content (AvgIpc) is 3.17. The van der Waals surface area contributed by atoms with Crippen LogP contribution in [0.5, 0.6) is 0 Å². The Bertz CT molecular complexity index is 1280. The number of nitrogens with one attached hydrogen (secondary N) is 1. The van der Waals surface area contributed by atoms with E-state index < -0.39 is 21.6 Å². The minimum absolute atomic E-state index is 0.187. The molecule has 0 bridgehead atoms. The summed E-state index contributed by atoms with van der Waals surface area (Å²) in [5.74, 6) is 0.157. The van der Waals surface area contributed by atoms with E-state index in [1.54, 1.807) is 35.2 Å². The number of sulfonamides is 1. The molecule has 33 heavy (non-hydrogen) atoms. The first-order valence-electron chi connectivity index (χ1n) is 10.1. The van der Waals surface area contributed by atoms with E-state index in [-0.39, 0.29) is 12.5 Å². The van der Waals surface area contributed by atoms with Crippen LogP contribution in [0, 0.1) is 11.3 Å². The van der Waals surface area contributed by atoms with E-state index in [1.807, 2.05) is 12.1 Å². The minimum Gasteiger partial charge on any atom is -0.498 e. The number of hydrogen-bond donors (Lipinski definition) is 1. The SMILES string of the molecule is COC1=C(c2cc(Cl)cc(Cl)c2)C(=O)N2CC(NS(C)(=O)=O)CC12Cc1ccc(C#N)cc1. The van der Waals surface area contributed by atoms with Crippen LogP contribution in [0.15, 0.2) is 48.2 Å². The van der Waals surface area contributed by atoms with Gasteiger partial charge in [-0.15, -0.1) is 0 Å². The number of rotatable bonds is 6. The molecule has 1 saturated heterocycles. The highest BCUT2D eigenvalue weighted by Crippen LogP contribution is 2.49. The fourth-order valence-electron chi connectivity index (χ4n) is 4.84. The summed E-state index contributed by atoms with van der Waals surface area (Å²) in [5.41, 5.74) is 1.39. The first kappa shape index (κ1) is 23.6. The number of benzene rings is 2. The minimum atomic E-state index is -3.48. The maximum absolute atomic E-state index is 13.7. The number of fused-ring (bicyclic) bond motifs is 1. The monoisotopic (exact) mass is 505 g/mol. The lowest BCUT2D eigenvalue weighted by Crippen LogP contribution is -2.45. The molecule has 1 amide bonds. The van der Waals surface area contributed by atoms with Gasteiger partial charge in [-0.05, 0) is 47.9 Å². The van der Waals surface area contributed by atoms with Crippen molar-refractivity contribution in [3.63, 3.8) is 0 Å². The first-order chi connectivity index (χ1) is 15.6. The second-order valence-corrected chi connectivity index (χ2v) is 10.9. The van der Waals surface area contributed by atoms with Gasteiger partial charge in [-0.2, -0.15) is 5.26 Å². The normalized spacial score (nSPS) is 22.5. The quantitative estimate of drug-likeness (QED) is 0.648. The molecular formula is C23H21Cl2N3O4S. The van der Waals surface area contributed by atoms with Crippen molar-refractivity contribution in [3.05, 3.63) is 75.0 Å². The zero-order chi connectivity index (χ0) is 24.0. The first-order valence-corrected chi connectivity index (χ1v) is 12.7. The molecule has 2 aliphatic heterocycles. The third-order valence-corrected chi connectivity index (χ3v) is 7.13. The van der Waals surface area contributed by atoms with Crippen molar-refractivity contribution in [1.29, 1.82) is 5.26 Å². The van der Waals surface area contributed by atoms with Crippen LogP contribution in [0.1, 0.15) is 23.1 Å². The Morgan fingerprint density at radius 2 is 1.85 bits per heavy atom. The smallest absolute Gasteiger partial charge is 0.258 e. The van der Waals surface area contributed by atoms with E-state index >= 15 is 0 Å². The highest BCUT2D eigenvalue weighted by molar-refractivity contribution is 7.88. The number of carbonyl (C=O) groups excluding carboxylic acids is 1. The van der Waals surface area contributed by atoms with Crippen LogP contribution in [0.3, 0.4) is 0 Å². The Balaban J connectivity index is 1.85. The summed E-state index contributed by atoms with van der Waals surface area (Å²) in [6.45, 7) is 0.187. The summed E-state index contributed by atoms with van der Waals surface area (Å²) in [4.78, 5) is 15.3. The number of carbonyl (C=O) groups is 1. The zero-order valence-electron chi connectivity index (χ0n) is 17.9. The molecule has 1 fully saturated rings. The van der Waals surface area contributed by atoms with Crippen molar-refractivity contribution in [2.75, 3.05) is 19.9 Å². The number of methoxy groups -OCH3 is 1. The maximum atomic E-state index is 13.7. The Hall–Kier alpha value is -2.57. The van der Waals surface area contributed by atoms with Crippen molar-refractivity contribution < 1.29 is 17.9 Å². The third-order valence-electron chi connectivity index (χ3n) is 5.93. The maximum Gasteiger partial charge on any atom is 0.258 e. The third kappa shape index (κ3) is 4.46. The number of nitrogens with zero attached hydrogens (tertiary/aromatic N) is 2. The predicted octanol–water partition coefficient (Wildman–Crippen LogP) is 3.37. The molecule has 2 unspecified atom stereocenters. The Labute approximate surface area is 202 Å². The molecule has 2 atom stereocenters. The number of ether oxygens (including phenoxy) is 1. The molecule has 4 rings (SSSR count). The van der Waals surface area contributed by atoms with Gasteiger partial charge in [0.25, 0.3) is 5.91 Å². The largest absolute Gasteiger partial charge is 0.498 e. The van der Waals surface area contributed by atoms with E-state index in [2.05, 4.69) is 10.8 Å². The fraction of sp³-hybridized carbons (Fsp3) is 0.304. The van der Waals surface area contributed by atoms with Gasteiger partial charge in [0, 0.05) is 29.1 Å². The van der Waals surface area contributed by atoms with E-state index in [0.29, 0.717) is 45.3 Å². The zero-order valence-corrected chi connectivity index (χ0v) is 20.3. The predicted molar refractivity (Wildman–Crippen MR) is 126 cm³/mol. The van der Waals surface area contributed by atoms with E-state index in [4.69, 9.17) is 33.2 Å². The van der Waals surface area contributed by atoms with Gasteiger partial charge in [0.05, 0.1) is 30.6 Å². The molecular weight excluding hydrogens is 485 g/mol. The number of halogens is 2. The molecule has 0 aromatic heterocycles. The Morgan fingerprint density at radius 1 is 1.21 bits per heavy atom. The Morgan fingerprint density at radius 3 is 2.39 bits per heavy atom. The number of nitriles is 1. The molecule has 2 aliphatic rings. The van der Waals surface area contributed by atoms with E-state index in [1.165, 1.54) is 7.11 Å². The van der Waals surface area contributed by atoms with Crippen molar-refractivity contribution in [2.24, 2.45) is 0 Å². The van der Waals surface area contributed by atoms with Crippen molar-refractivity contribution in [2.45, 2.75) is 24.4 Å². The standard InChI is InChI=1S/C23H21Cl2N3O4S/c1-32-21-20(16-7-17(24)9-18(25)8-16)22(29)28-13-19(27-33(2,30)31)11-23(21,28)10-14-3-5-15(12-26)6-4-14/h3-9,19,27H,10-11,13H2,1-2H3. The summed E-state index contributed by atoms with van der Waals surface area (Å²) < 4.78 is 32.3. The number of hydrogen-bond acceptors (Lipinski definition) is 5. The summed E-state index contributed by atoms with van der Waals surface area (Å²) >= 11 is 12.4.